The lowest BCUT2D eigenvalue weighted by atomic mass is 9.82. The first-order valence-corrected chi connectivity index (χ1v) is 9.64. The van der Waals surface area contributed by atoms with Crippen LogP contribution in [0.2, 0.25) is 0 Å². The number of nitrogens with zero attached hydrogens (tertiary/aromatic N) is 1. The molecule has 0 radical (unpaired) electrons. The van der Waals surface area contributed by atoms with Crippen molar-refractivity contribution in [2.24, 2.45) is 0 Å². The molecule has 2 aliphatic rings. The monoisotopic (exact) mass is 369 g/mol. The number of hydrogen-bond acceptors (Lipinski definition) is 5. The highest BCUT2D eigenvalue weighted by atomic mass is 16.6. The molecule has 2 heterocycles. The van der Waals surface area contributed by atoms with E-state index in [0.717, 1.165) is 35.5 Å². The summed E-state index contributed by atoms with van der Waals surface area (Å²) in [6.07, 6.45) is 0.753. The van der Waals surface area contributed by atoms with Crippen LogP contribution < -0.4 is 9.47 Å². The molecule has 0 unspecified atom stereocenters. The minimum absolute atomic E-state index is 0.538. The standard InChI is InChI=1S/C22H27NO4/c1-16-4-2-3-5-18(16)22(25)8-10-23(11-9-22)15-19(24)17-6-7-20-21(14-17)27-13-12-26-20/h2-7,14,19,24-25H,8-13,15H2,1H3/t19-/m1/s1. The lowest BCUT2D eigenvalue weighted by Crippen LogP contribution is -2.44. The molecule has 4 rings (SSSR count). The van der Waals surface area contributed by atoms with Gasteiger partial charge in [0.2, 0.25) is 0 Å². The van der Waals surface area contributed by atoms with Gasteiger partial charge in [0, 0.05) is 19.6 Å². The second-order valence-corrected chi connectivity index (χ2v) is 7.57. The van der Waals surface area contributed by atoms with Crippen molar-refractivity contribution in [1.82, 2.24) is 4.90 Å². The van der Waals surface area contributed by atoms with Crippen molar-refractivity contribution in [2.75, 3.05) is 32.8 Å². The van der Waals surface area contributed by atoms with Gasteiger partial charge in [-0.3, -0.25) is 0 Å². The Bertz CT molecular complexity index is 799. The molecule has 5 nitrogen and oxygen atoms in total. The fourth-order valence-corrected chi connectivity index (χ4v) is 4.09. The normalized spacial score (nSPS) is 20.3. The average Bonchev–Trinajstić information content (AvgIpc) is 2.69. The van der Waals surface area contributed by atoms with Crippen LogP contribution >= 0.6 is 0 Å². The number of hydrogen-bond donors (Lipinski definition) is 2. The Morgan fingerprint density at radius 3 is 2.48 bits per heavy atom. The Kier molecular flexibility index (Phi) is 5.08. The highest BCUT2D eigenvalue weighted by molar-refractivity contribution is 5.44. The molecule has 0 aromatic heterocycles. The fourth-order valence-electron chi connectivity index (χ4n) is 4.09. The first kappa shape index (κ1) is 18.3. The van der Waals surface area contributed by atoms with Crippen LogP contribution in [-0.2, 0) is 5.60 Å². The predicted octanol–water partition coefficient (Wildman–Crippen LogP) is 2.78. The molecule has 1 saturated heterocycles. The molecule has 0 aliphatic carbocycles. The Hall–Kier alpha value is -2.08. The molecule has 0 bridgehead atoms. The second-order valence-electron chi connectivity index (χ2n) is 7.57. The maximum Gasteiger partial charge on any atom is 0.161 e. The van der Waals surface area contributed by atoms with Crippen molar-refractivity contribution in [1.29, 1.82) is 0 Å². The number of likely N-dealkylation sites (tertiary alicyclic amines) is 1. The van der Waals surface area contributed by atoms with Crippen LogP contribution in [0.15, 0.2) is 42.5 Å². The summed E-state index contributed by atoms with van der Waals surface area (Å²) in [5.74, 6) is 1.43. The summed E-state index contributed by atoms with van der Waals surface area (Å²) in [5, 5.41) is 21.8. The number of β-amino-alcohol motifs (C(OH)–C–C–N with tert-alkyl or cyclic N) is 1. The first-order valence-electron chi connectivity index (χ1n) is 9.64. The molecule has 0 amide bonds. The third-order valence-corrected chi connectivity index (χ3v) is 5.71. The van der Waals surface area contributed by atoms with Crippen molar-refractivity contribution in [3.8, 4) is 11.5 Å². The fraction of sp³-hybridized carbons (Fsp3) is 0.455. The molecule has 2 N–H and O–H groups in total. The van der Waals surface area contributed by atoms with Crippen molar-refractivity contribution in [3.63, 3.8) is 0 Å². The lowest BCUT2D eigenvalue weighted by molar-refractivity contribution is -0.0349. The predicted molar refractivity (Wildman–Crippen MR) is 103 cm³/mol. The van der Waals surface area contributed by atoms with Gasteiger partial charge < -0.3 is 24.6 Å². The summed E-state index contributed by atoms with van der Waals surface area (Å²) in [6, 6.07) is 13.7. The van der Waals surface area contributed by atoms with E-state index < -0.39 is 11.7 Å². The lowest BCUT2D eigenvalue weighted by Gasteiger charge is -2.40. The number of piperidine rings is 1. The molecule has 144 valence electrons. The summed E-state index contributed by atoms with van der Waals surface area (Å²) < 4.78 is 11.1. The molecule has 0 saturated carbocycles. The zero-order chi connectivity index (χ0) is 18.9. The molecule has 2 aromatic rings. The largest absolute Gasteiger partial charge is 0.486 e. The molecule has 5 heteroatoms. The SMILES string of the molecule is Cc1ccccc1C1(O)CCN(C[C@@H](O)c2ccc3c(c2)OCCO3)CC1. The highest BCUT2D eigenvalue weighted by Crippen LogP contribution is 2.36. The van der Waals surface area contributed by atoms with Crippen LogP contribution in [0.5, 0.6) is 11.5 Å². The zero-order valence-electron chi connectivity index (χ0n) is 15.7. The van der Waals surface area contributed by atoms with Gasteiger partial charge in [0.15, 0.2) is 11.5 Å². The Morgan fingerprint density at radius 2 is 1.74 bits per heavy atom. The van der Waals surface area contributed by atoms with E-state index in [1.807, 2.05) is 49.4 Å². The maximum atomic E-state index is 11.1. The molecule has 27 heavy (non-hydrogen) atoms. The molecular weight excluding hydrogens is 342 g/mol. The number of ether oxygens (including phenoxy) is 2. The topological polar surface area (TPSA) is 62.2 Å². The average molecular weight is 369 g/mol. The van der Waals surface area contributed by atoms with E-state index in [0.29, 0.717) is 38.3 Å². The Balaban J connectivity index is 1.38. The minimum Gasteiger partial charge on any atom is -0.486 e. The van der Waals surface area contributed by atoms with Gasteiger partial charge in [-0.05, 0) is 48.6 Å². The van der Waals surface area contributed by atoms with E-state index in [1.165, 1.54) is 0 Å². The molecule has 1 fully saturated rings. The number of aliphatic hydroxyl groups excluding tert-OH is 1. The third-order valence-electron chi connectivity index (χ3n) is 5.71. The van der Waals surface area contributed by atoms with Crippen LogP contribution in [0.4, 0.5) is 0 Å². The summed E-state index contributed by atoms with van der Waals surface area (Å²) in [7, 11) is 0. The smallest absolute Gasteiger partial charge is 0.161 e. The van der Waals surface area contributed by atoms with E-state index in [2.05, 4.69) is 4.90 Å². The zero-order valence-corrected chi connectivity index (χ0v) is 15.7. The van der Waals surface area contributed by atoms with Gasteiger partial charge in [0.1, 0.15) is 13.2 Å². The van der Waals surface area contributed by atoms with Gasteiger partial charge in [-0.25, -0.2) is 0 Å². The van der Waals surface area contributed by atoms with Gasteiger partial charge in [-0.2, -0.15) is 0 Å². The van der Waals surface area contributed by atoms with Crippen molar-refractivity contribution < 1.29 is 19.7 Å². The van der Waals surface area contributed by atoms with Crippen molar-refractivity contribution in [2.45, 2.75) is 31.5 Å². The molecule has 1 atom stereocenters. The molecule has 2 aromatic carbocycles. The summed E-state index contributed by atoms with van der Waals surface area (Å²) in [4.78, 5) is 2.22. The van der Waals surface area contributed by atoms with E-state index in [-0.39, 0.29) is 0 Å². The quantitative estimate of drug-likeness (QED) is 0.868. The van der Waals surface area contributed by atoms with Crippen molar-refractivity contribution >= 4 is 0 Å². The van der Waals surface area contributed by atoms with Crippen LogP contribution in [0.1, 0.15) is 35.6 Å². The van der Waals surface area contributed by atoms with Gasteiger partial charge in [-0.15, -0.1) is 0 Å². The van der Waals surface area contributed by atoms with Gasteiger partial charge in [0.25, 0.3) is 0 Å². The minimum atomic E-state index is -0.774. The highest BCUT2D eigenvalue weighted by Gasteiger charge is 2.35. The first-order chi connectivity index (χ1) is 13.0. The van der Waals surface area contributed by atoms with Gasteiger partial charge in [0.05, 0.1) is 11.7 Å². The maximum absolute atomic E-state index is 11.1. The second kappa shape index (κ2) is 7.50. The van der Waals surface area contributed by atoms with E-state index in [4.69, 9.17) is 9.47 Å². The van der Waals surface area contributed by atoms with Gasteiger partial charge in [-0.1, -0.05) is 30.3 Å². The molecule has 2 aliphatic heterocycles. The number of aliphatic hydroxyl groups is 2. The number of benzene rings is 2. The summed E-state index contributed by atoms with van der Waals surface area (Å²) in [5.41, 5.74) is 2.21. The van der Waals surface area contributed by atoms with Gasteiger partial charge >= 0.3 is 0 Å². The summed E-state index contributed by atoms with van der Waals surface area (Å²) in [6.45, 7) is 5.20. The van der Waals surface area contributed by atoms with E-state index in [1.54, 1.807) is 0 Å². The van der Waals surface area contributed by atoms with E-state index >= 15 is 0 Å². The van der Waals surface area contributed by atoms with Crippen LogP contribution in [0, 0.1) is 6.92 Å². The molecule has 0 spiro atoms. The molecular formula is C22H27NO4. The number of fused-ring (bicyclic) bond motifs is 1. The van der Waals surface area contributed by atoms with Crippen LogP contribution in [-0.4, -0.2) is 48.0 Å². The van der Waals surface area contributed by atoms with Crippen LogP contribution in [0.25, 0.3) is 0 Å². The third kappa shape index (κ3) is 3.81. The number of aryl methyl sites for hydroxylation is 1. The summed E-state index contributed by atoms with van der Waals surface area (Å²) >= 11 is 0. The number of rotatable bonds is 4. The van der Waals surface area contributed by atoms with Crippen molar-refractivity contribution in [3.05, 3.63) is 59.2 Å². The van der Waals surface area contributed by atoms with Crippen LogP contribution in [0.3, 0.4) is 0 Å². The van der Waals surface area contributed by atoms with E-state index in [9.17, 15) is 10.2 Å². The Morgan fingerprint density at radius 1 is 1.04 bits per heavy atom. The Labute approximate surface area is 160 Å².